The second kappa shape index (κ2) is 10.6. The first kappa shape index (κ1) is 20.0. The van der Waals surface area contributed by atoms with E-state index < -0.39 is 0 Å². The Kier molecular flexibility index (Phi) is 9.23. The first-order valence-electron chi connectivity index (χ1n) is 7.70. The van der Waals surface area contributed by atoms with E-state index in [0.29, 0.717) is 0 Å². The second-order valence-electron chi connectivity index (χ2n) is 5.27. The van der Waals surface area contributed by atoms with Crippen LogP contribution < -0.4 is 5.32 Å². The summed E-state index contributed by atoms with van der Waals surface area (Å²) < 4.78 is 1.94. The molecule has 2 aromatic rings. The van der Waals surface area contributed by atoms with E-state index >= 15 is 0 Å². The van der Waals surface area contributed by atoms with E-state index in [-0.39, 0.29) is 24.0 Å². The highest BCUT2D eigenvalue weighted by Crippen LogP contribution is 2.09. The van der Waals surface area contributed by atoms with Gasteiger partial charge >= 0.3 is 0 Å². The summed E-state index contributed by atoms with van der Waals surface area (Å²) in [6.07, 6.45) is 4.97. The van der Waals surface area contributed by atoms with Crippen molar-refractivity contribution in [2.24, 2.45) is 4.99 Å². The predicted octanol–water partition coefficient (Wildman–Crippen LogP) is 3.01. The maximum absolute atomic E-state index is 4.69. The van der Waals surface area contributed by atoms with Gasteiger partial charge in [0.2, 0.25) is 0 Å². The number of hydrogen-bond donors (Lipinski definition) is 1. The van der Waals surface area contributed by atoms with Gasteiger partial charge in [-0.05, 0) is 37.3 Å². The van der Waals surface area contributed by atoms with Crippen LogP contribution in [0.4, 0.5) is 0 Å². The number of guanidine groups is 1. The molecule has 23 heavy (non-hydrogen) atoms. The minimum Gasteiger partial charge on any atom is -0.357 e. The van der Waals surface area contributed by atoms with Crippen molar-refractivity contribution in [3.63, 3.8) is 0 Å². The van der Waals surface area contributed by atoms with Crippen molar-refractivity contribution >= 4 is 41.3 Å². The average molecular weight is 447 g/mol. The smallest absolute Gasteiger partial charge is 0.193 e. The monoisotopic (exact) mass is 447 g/mol. The van der Waals surface area contributed by atoms with Crippen LogP contribution in [0.5, 0.6) is 0 Å². The van der Waals surface area contributed by atoms with Gasteiger partial charge in [0, 0.05) is 31.2 Å². The predicted molar refractivity (Wildman–Crippen MR) is 109 cm³/mol. The number of halogens is 1. The Balaban J connectivity index is 0.00000264. The molecule has 0 fully saturated rings. The summed E-state index contributed by atoms with van der Waals surface area (Å²) >= 11 is 1.81. The number of nitrogens with one attached hydrogen (secondary N) is 1. The van der Waals surface area contributed by atoms with Crippen LogP contribution in [0.25, 0.3) is 0 Å². The largest absolute Gasteiger partial charge is 0.357 e. The third kappa shape index (κ3) is 6.90. The first-order valence-corrected chi connectivity index (χ1v) is 8.58. The molecule has 0 aliphatic rings. The fourth-order valence-electron chi connectivity index (χ4n) is 2.16. The first-order chi connectivity index (χ1) is 10.7. The summed E-state index contributed by atoms with van der Waals surface area (Å²) in [6.45, 7) is 7.53. The van der Waals surface area contributed by atoms with Crippen LogP contribution >= 0.6 is 35.3 Å². The Hall–Kier alpha value is -1.09. The van der Waals surface area contributed by atoms with Crippen LogP contribution in [0.3, 0.4) is 0 Å². The summed E-state index contributed by atoms with van der Waals surface area (Å²) in [5.41, 5.74) is 1.18. The third-order valence-corrected chi connectivity index (χ3v) is 4.26. The quantitative estimate of drug-likeness (QED) is 0.403. The zero-order valence-corrected chi connectivity index (χ0v) is 17.2. The Bertz CT molecular complexity index is 579. The van der Waals surface area contributed by atoms with Gasteiger partial charge in [-0.1, -0.05) is 6.07 Å². The number of rotatable bonds is 7. The topological polar surface area (TPSA) is 45.5 Å². The number of nitrogens with zero attached hydrogens (tertiary/aromatic N) is 4. The minimum absolute atomic E-state index is 0. The molecule has 2 heterocycles. The van der Waals surface area contributed by atoms with Gasteiger partial charge in [0.25, 0.3) is 0 Å². The summed E-state index contributed by atoms with van der Waals surface area (Å²) in [5, 5.41) is 9.77. The van der Waals surface area contributed by atoms with Gasteiger partial charge in [0.1, 0.15) is 0 Å². The van der Waals surface area contributed by atoms with Gasteiger partial charge < -0.3 is 10.2 Å². The van der Waals surface area contributed by atoms with Crippen LogP contribution in [0, 0.1) is 6.92 Å². The minimum atomic E-state index is 0. The third-order valence-electron chi connectivity index (χ3n) is 3.32. The Morgan fingerprint density at radius 1 is 1.48 bits per heavy atom. The van der Waals surface area contributed by atoms with E-state index in [4.69, 9.17) is 4.99 Å². The normalized spacial score (nSPS) is 11.2. The van der Waals surface area contributed by atoms with Crippen molar-refractivity contribution in [3.05, 3.63) is 40.3 Å². The molecule has 5 nitrogen and oxygen atoms in total. The lowest BCUT2D eigenvalue weighted by molar-refractivity contribution is 0.484. The molecular weight excluding hydrogens is 421 g/mol. The van der Waals surface area contributed by atoms with Crippen molar-refractivity contribution in [3.8, 4) is 0 Å². The lowest BCUT2D eigenvalue weighted by Crippen LogP contribution is -2.40. The summed E-state index contributed by atoms with van der Waals surface area (Å²) in [4.78, 5) is 8.30. The highest BCUT2D eigenvalue weighted by atomic mass is 127. The van der Waals surface area contributed by atoms with E-state index in [9.17, 15) is 0 Å². The highest BCUT2D eigenvalue weighted by molar-refractivity contribution is 14.0. The van der Waals surface area contributed by atoms with Crippen molar-refractivity contribution < 1.29 is 0 Å². The fraction of sp³-hybridized carbons (Fsp3) is 0.500. The molecule has 0 radical (unpaired) electrons. The van der Waals surface area contributed by atoms with E-state index in [1.807, 2.05) is 28.4 Å². The Morgan fingerprint density at radius 3 is 2.91 bits per heavy atom. The second-order valence-corrected chi connectivity index (χ2v) is 6.30. The number of likely N-dealkylation sites (N-methyl/N-ethyl adjacent to an activating group) is 1. The molecule has 0 amide bonds. The molecule has 0 spiro atoms. The molecule has 0 bridgehead atoms. The van der Waals surface area contributed by atoms with Crippen LogP contribution in [0.2, 0.25) is 0 Å². The van der Waals surface area contributed by atoms with Gasteiger partial charge in [0.05, 0.1) is 19.3 Å². The number of aryl methyl sites for hydroxylation is 1. The summed E-state index contributed by atoms with van der Waals surface area (Å²) in [6, 6.07) is 4.29. The Morgan fingerprint density at radius 2 is 2.30 bits per heavy atom. The van der Waals surface area contributed by atoms with Crippen LogP contribution in [-0.2, 0) is 13.0 Å². The number of thiophene rings is 1. The standard InChI is InChI=1S/C16H25N5S.HI/c1-4-17-16(18-8-10-21-13-14(2)12-19-21)20(3)9-7-15-6-5-11-22-15;/h5-6,11-13H,4,7-10H2,1-3H3,(H,17,18);1H. The lowest BCUT2D eigenvalue weighted by Gasteiger charge is -2.21. The molecule has 7 heteroatoms. The average Bonchev–Trinajstić information content (AvgIpc) is 3.15. The zero-order chi connectivity index (χ0) is 15.8. The number of aliphatic imine (C=N–C) groups is 1. The highest BCUT2D eigenvalue weighted by Gasteiger charge is 2.06. The molecule has 128 valence electrons. The van der Waals surface area contributed by atoms with Gasteiger partial charge in [-0.25, -0.2) is 0 Å². The number of aromatic nitrogens is 2. The molecule has 0 saturated heterocycles. The zero-order valence-electron chi connectivity index (χ0n) is 14.0. The van der Waals surface area contributed by atoms with Gasteiger partial charge in [0.15, 0.2) is 5.96 Å². The van der Waals surface area contributed by atoms with E-state index in [2.05, 4.69) is 53.7 Å². The SMILES string of the molecule is CCNC(=NCCn1cc(C)cn1)N(C)CCc1cccs1.I. The summed E-state index contributed by atoms with van der Waals surface area (Å²) in [7, 11) is 2.09. The molecule has 0 aliphatic heterocycles. The van der Waals surface area contributed by atoms with Crippen LogP contribution in [0.15, 0.2) is 34.9 Å². The molecule has 1 N–H and O–H groups in total. The molecule has 2 aromatic heterocycles. The van der Waals surface area contributed by atoms with Crippen LogP contribution in [0.1, 0.15) is 17.4 Å². The van der Waals surface area contributed by atoms with Gasteiger partial charge in [-0.15, -0.1) is 35.3 Å². The summed E-state index contributed by atoms with van der Waals surface area (Å²) in [5.74, 6) is 0.961. The van der Waals surface area contributed by atoms with E-state index in [0.717, 1.165) is 38.6 Å². The van der Waals surface area contributed by atoms with E-state index in [1.165, 1.54) is 10.4 Å². The van der Waals surface area contributed by atoms with Gasteiger partial charge in [-0.2, -0.15) is 5.10 Å². The number of hydrogen-bond acceptors (Lipinski definition) is 3. The maximum Gasteiger partial charge on any atom is 0.193 e. The fourth-order valence-corrected chi connectivity index (χ4v) is 2.85. The van der Waals surface area contributed by atoms with Gasteiger partial charge in [-0.3, -0.25) is 9.67 Å². The molecule has 0 aliphatic carbocycles. The lowest BCUT2D eigenvalue weighted by atomic mass is 10.3. The van der Waals surface area contributed by atoms with E-state index in [1.54, 1.807) is 0 Å². The molecule has 0 saturated carbocycles. The molecule has 0 atom stereocenters. The van der Waals surface area contributed by atoms with Crippen molar-refractivity contribution in [1.29, 1.82) is 0 Å². The maximum atomic E-state index is 4.69. The van der Waals surface area contributed by atoms with Crippen molar-refractivity contribution in [1.82, 2.24) is 20.0 Å². The molecule has 2 rings (SSSR count). The Labute approximate surface area is 159 Å². The molecular formula is C16H26IN5S. The molecule has 0 aromatic carbocycles. The van der Waals surface area contributed by atoms with Crippen molar-refractivity contribution in [2.45, 2.75) is 26.8 Å². The van der Waals surface area contributed by atoms with Crippen molar-refractivity contribution in [2.75, 3.05) is 26.7 Å². The molecule has 0 unspecified atom stereocenters. The van der Waals surface area contributed by atoms with Crippen LogP contribution in [-0.4, -0.2) is 47.3 Å².